The fraction of sp³-hybridized carbons (Fsp3) is 1.00. The maximum atomic E-state index is 9.44. The third kappa shape index (κ3) is 2.73. The monoisotopic (exact) mass is 213 g/mol. The first-order valence-corrected chi connectivity index (χ1v) is 6.45. The van der Waals surface area contributed by atoms with E-state index in [1.165, 1.54) is 32.2 Å². The maximum Gasteiger partial charge on any atom is 0.0587 e. The van der Waals surface area contributed by atoms with Crippen molar-refractivity contribution in [1.82, 2.24) is 4.90 Å². The van der Waals surface area contributed by atoms with Crippen LogP contribution in [0.1, 0.15) is 53.4 Å². The molecule has 2 unspecified atom stereocenters. The van der Waals surface area contributed by atoms with Crippen molar-refractivity contribution in [3.8, 4) is 0 Å². The first-order chi connectivity index (χ1) is 7.08. The minimum Gasteiger partial charge on any atom is -0.395 e. The minimum atomic E-state index is 0.323. The van der Waals surface area contributed by atoms with Gasteiger partial charge in [0.2, 0.25) is 0 Å². The smallest absolute Gasteiger partial charge is 0.0587 e. The van der Waals surface area contributed by atoms with Gasteiger partial charge in [0.15, 0.2) is 0 Å². The molecule has 1 rings (SSSR count). The third-order valence-electron chi connectivity index (χ3n) is 4.06. The Kier molecular flexibility index (Phi) is 4.60. The Bertz CT molecular complexity index is 193. The van der Waals surface area contributed by atoms with E-state index < -0.39 is 0 Å². The van der Waals surface area contributed by atoms with E-state index in [2.05, 4.69) is 32.6 Å². The SMILES string of the molecule is CCCC1(CC)CC(CO)N(C(C)C)C1. The molecule has 90 valence electrons. The number of rotatable bonds is 5. The van der Waals surface area contributed by atoms with Gasteiger partial charge < -0.3 is 5.11 Å². The molecule has 1 aliphatic heterocycles. The molecule has 1 fully saturated rings. The number of likely N-dealkylation sites (tertiary alicyclic amines) is 1. The van der Waals surface area contributed by atoms with Crippen LogP contribution < -0.4 is 0 Å². The molecule has 0 saturated carbocycles. The number of hydrogen-bond donors (Lipinski definition) is 1. The van der Waals surface area contributed by atoms with Crippen LogP contribution in [0.15, 0.2) is 0 Å². The van der Waals surface area contributed by atoms with Crippen LogP contribution in [0.5, 0.6) is 0 Å². The lowest BCUT2D eigenvalue weighted by molar-refractivity contribution is 0.130. The van der Waals surface area contributed by atoms with Gasteiger partial charge in [-0.3, -0.25) is 4.90 Å². The zero-order valence-corrected chi connectivity index (χ0v) is 10.8. The van der Waals surface area contributed by atoms with Crippen molar-refractivity contribution < 1.29 is 5.11 Å². The van der Waals surface area contributed by atoms with E-state index in [9.17, 15) is 5.11 Å². The molecular formula is C13H27NO. The molecule has 0 aromatic rings. The fourth-order valence-corrected chi connectivity index (χ4v) is 3.12. The quantitative estimate of drug-likeness (QED) is 0.759. The van der Waals surface area contributed by atoms with Crippen molar-refractivity contribution in [2.24, 2.45) is 5.41 Å². The minimum absolute atomic E-state index is 0.323. The van der Waals surface area contributed by atoms with Crippen molar-refractivity contribution in [3.63, 3.8) is 0 Å². The molecule has 0 bridgehead atoms. The van der Waals surface area contributed by atoms with E-state index in [1.54, 1.807) is 0 Å². The summed E-state index contributed by atoms with van der Waals surface area (Å²) in [6, 6.07) is 0.962. The summed E-state index contributed by atoms with van der Waals surface area (Å²) in [5, 5.41) is 9.44. The second-order valence-corrected chi connectivity index (χ2v) is 5.41. The number of hydrogen-bond acceptors (Lipinski definition) is 2. The highest BCUT2D eigenvalue weighted by molar-refractivity contribution is 4.95. The molecule has 2 heteroatoms. The van der Waals surface area contributed by atoms with E-state index in [4.69, 9.17) is 0 Å². The van der Waals surface area contributed by atoms with Gasteiger partial charge in [-0.1, -0.05) is 20.3 Å². The largest absolute Gasteiger partial charge is 0.395 e. The molecule has 0 aliphatic carbocycles. The zero-order chi connectivity index (χ0) is 11.5. The molecule has 15 heavy (non-hydrogen) atoms. The highest BCUT2D eigenvalue weighted by Gasteiger charge is 2.42. The standard InChI is InChI=1S/C13H27NO/c1-5-7-13(6-2)8-12(9-15)14(10-13)11(3)4/h11-12,15H,5-10H2,1-4H3. The lowest BCUT2D eigenvalue weighted by Crippen LogP contribution is -2.38. The third-order valence-corrected chi connectivity index (χ3v) is 4.06. The van der Waals surface area contributed by atoms with Gasteiger partial charge in [0.25, 0.3) is 0 Å². The Hall–Kier alpha value is -0.0800. The molecule has 1 aliphatic rings. The summed E-state index contributed by atoms with van der Waals surface area (Å²) in [6.07, 6.45) is 5.01. The molecule has 0 aromatic carbocycles. The van der Waals surface area contributed by atoms with Crippen LogP contribution in [0.4, 0.5) is 0 Å². The van der Waals surface area contributed by atoms with E-state index in [0.29, 0.717) is 24.1 Å². The van der Waals surface area contributed by atoms with Crippen LogP contribution in [0.3, 0.4) is 0 Å². The molecule has 1 N–H and O–H groups in total. The highest BCUT2D eigenvalue weighted by atomic mass is 16.3. The fourth-order valence-electron chi connectivity index (χ4n) is 3.12. The molecule has 0 amide bonds. The number of aliphatic hydroxyl groups is 1. The van der Waals surface area contributed by atoms with E-state index in [-0.39, 0.29) is 0 Å². The number of aliphatic hydroxyl groups excluding tert-OH is 1. The molecule has 2 atom stereocenters. The average Bonchev–Trinajstić information content (AvgIpc) is 2.58. The Labute approximate surface area is 94.7 Å². The summed E-state index contributed by atoms with van der Waals surface area (Å²) < 4.78 is 0. The van der Waals surface area contributed by atoms with Crippen molar-refractivity contribution in [2.45, 2.75) is 65.5 Å². The van der Waals surface area contributed by atoms with Crippen molar-refractivity contribution in [2.75, 3.05) is 13.2 Å². The Morgan fingerprint density at radius 1 is 1.40 bits per heavy atom. The van der Waals surface area contributed by atoms with E-state index in [1.807, 2.05) is 0 Å². The van der Waals surface area contributed by atoms with Gasteiger partial charge >= 0.3 is 0 Å². The Morgan fingerprint density at radius 3 is 2.40 bits per heavy atom. The summed E-state index contributed by atoms with van der Waals surface area (Å²) in [6.45, 7) is 10.5. The van der Waals surface area contributed by atoms with Crippen molar-refractivity contribution in [3.05, 3.63) is 0 Å². The predicted octanol–water partition coefficient (Wildman–Crippen LogP) is 2.66. The Morgan fingerprint density at radius 2 is 2.07 bits per heavy atom. The topological polar surface area (TPSA) is 23.5 Å². The molecule has 0 spiro atoms. The van der Waals surface area contributed by atoms with Crippen LogP contribution in [0.25, 0.3) is 0 Å². The second-order valence-electron chi connectivity index (χ2n) is 5.41. The van der Waals surface area contributed by atoms with Gasteiger partial charge in [-0.25, -0.2) is 0 Å². The van der Waals surface area contributed by atoms with Crippen LogP contribution >= 0.6 is 0 Å². The lowest BCUT2D eigenvalue weighted by Gasteiger charge is -2.29. The molecule has 1 heterocycles. The maximum absolute atomic E-state index is 9.44. The molecule has 0 radical (unpaired) electrons. The molecule has 1 saturated heterocycles. The van der Waals surface area contributed by atoms with Crippen molar-refractivity contribution >= 4 is 0 Å². The summed E-state index contributed by atoms with van der Waals surface area (Å²) >= 11 is 0. The first-order valence-electron chi connectivity index (χ1n) is 6.45. The molecule has 0 aromatic heterocycles. The second kappa shape index (κ2) is 5.31. The van der Waals surface area contributed by atoms with Crippen LogP contribution in [-0.2, 0) is 0 Å². The van der Waals surface area contributed by atoms with Gasteiger partial charge in [0.05, 0.1) is 6.61 Å². The van der Waals surface area contributed by atoms with Crippen molar-refractivity contribution in [1.29, 1.82) is 0 Å². The average molecular weight is 213 g/mol. The van der Waals surface area contributed by atoms with E-state index >= 15 is 0 Å². The van der Waals surface area contributed by atoms with Gasteiger partial charge in [-0.05, 0) is 38.5 Å². The highest BCUT2D eigenvalue weighted by Crippen LogP contribution is 2.42. The first kappa shape index (κ1) is 13.0. The predicted molar refractivity (Wildman–Crippen MR) is 65.0 cm³/mol. The van der Waals surface area contributed by atoms with Crippen LogP contribution in [0.2, 0.25) is 0 Å². The molecule has 2 nitrogen and oxygen atoms in total. The zero-order valence-electron chi connectivity index (χ0n) is 10.8. The van der Waals surface area contributed by atoms with Gasteiger partial charge in [-0.15, -0.1) is 0 Å². The molecular weight excluding hydrogens is 186 g/mol. The van der Waals surface area contributed by atoms with Crippen LogP contribution in [0, 0.1) is 5.41 Å². The van der Waals surface area contributed by atoms with E-state index in [0.717, 1.165) is 0 Å². The summed E-state index contributed by atoms with van der Waals surface area (Å²) in [5.74, 6) is 0. The van der Waals surface area contributed by atoms with Crippen LogP contribution in [-0.4, -0.2) is 35.2 Å². The number of nitrogens with zero attached hydrogens (tertiary/aromatic N) is 1. The summed E-state index contributed by atoms with van der Waals surface area (Å²) in [4.78, 5) is 2.49. The van der Waals surface area contributed by atoms with Gasteiger partial charge in [0.1, 0.15) is 0 Å². The summed E-state index contributed by atoms with van der Waals surface area (Å²) in [5.41, 5.74) is 0.479. The Balaban J connectivity index is 2.72. The summed E-state index contributed by atoms with van der Waals surface area (Å²) in [7, 11) is 0. The normalized spacial score (nSPS) is 32.8. The van der Waals surface area contributed by atoms with Gasteiger partial charge in [-0.2, -0.15) is 0 Å². The lowest BCUT2D eigenvalue weighted by atomic mass is 9.79. The van der Waals surface area contributed by atoms with Gasteiger partial charge in [0, 0.05) is 18.6 Å².